The third kappa shape index (κ3) is 5.76. The zero-order chi connectivity index (χ0) is 21.5. The largest absolute Gasteiger partial charge is 0.351 e. The van der Waals surface area contributed by atoms with E-state index in [-0.39, 0.29) is 24.4 Å². The minimum Gasteiger partial charge on any atom is -0.351 e. The molecule has 154 valence electrons. The summed E-state index contributed by atoms with van der Waals surface area (Å²) in [6, 6.07) is 22.1. The van der Waals surface area contributed by atoms with Crippen LogP contribution >= 0.6 is 15.9 Å². The molecule has 0 aliphatic heterocycles. The predicted molar refractivity (Wildman–Crippen MR) is 119 cm³/mol. The van der Waals surface area contributed by atoms with E-state index in [0.717, 1.165) is 22.8 Å². The van der Waals surface area contributed by atoms with Gasteiger partial charge in [0.25, 0.3) is 5.91 Å². The van der Waals surface area contributed by atoms with E-state index in [2.05, 4.69) is 33.4 Å². The zero-order valence-corrected chi connectivity index (χ0v) is 18.2. The fourth-order valence-corrected chi connectivity index (χ4v) is 3.46. The lowest BCUT2D eigenvalue weighted by Gasteiger charge is -2.18. The summed E-state index contributed by atoms with van der Waals surface area (Å²) in [6.45, 7) is 0.662. The van der Waals surface area contributed by atoms with Crippen molar-refractivity contribution in [2.24, 2.45) is 0 Å². The first kappa shape index (κ1) is 21.7. The number of benzene rings is 3. The van der Waals surface area contributed by atoms with Gasteiger partial charge in [-0.25, -0.2) is 4.39 Å². The summed E-state index contributed by atoms with van der Waals surface area (Å²) in [4.78, 5) is 26.2. The van der Waals surface area contributed by atoms with Gasteiger partial charge in [-0.2, -0.15) is 0 Å². The molecule has 0 saturated carbocycles. The standard InChI is InChI=1S/C24H22BrFN2O2/c1-28(16-17-7-9-19(10-8-17)18-5-3-2-4-6-18)23(29)13-14-27-24(30)21-15-20(26)11-12-22(21)25/h2-12,15H,13-14,16H2,1H3,(H,27,30). The molecule has 30 heavy (non-hydrogen) atoms. The molecule has 0 saturated heterocycles. The van der Waals surface area contributed by atoms with Crippen molar-refractivity contribution in [1.29, 1.82) is 0 Å². The van der Waals surface area contributed by atoms with Gasteiger partial charge in [0.05, 0.1) is 5.56 Å². The molecule has 0 radical (unpaired) electrons. The van der Waals surface area contributed by atoms with Crippen LogP contribution in [0.4, 0.5) is 4.39 Å². The number of halogens is 2. The van der Waals surface area contributed by atoms with Gasteiger partial charge in [-0.1, -0.05) is 54.6 Å². The van der Waals surface area contributed by atoms with Crippen LogP contribution in [-0.2, 0) is 11.3 Å². The summed E-state index contributed by atoms with van der Waals surface area (Å²) in [5.74, 6) is -0.994. The highest BCUT2D eigenvalue weighted by atomic mass is 79.9. The SMILES string of the molecule is CN(Cc1ccc(-c2ccccc2)cc1)C(=O)CCNC(=O)c1cc(F)ccc1Br. The number of hydrogen-bond acceptors (Lipinski definition) is 2. The van der Waals surface area contributed by atoms with Crippen LogP contribution in [0.25, 0.3) is 11.1 Å². The maximum atomic E-state index is 13.3. The van der Waals surface area contributed by atoms with Gasteiger partial charge in [0, 0.05) is 31.0 Å². The molecule has 1 N–H and O–H groups in total. The predicted octanol–water partition coefficient (Wildman–Crippen LogP) is 5.03. The number of hydrogen-bond donors (Lipinski definition) is 1. The van der Waals surface area contributed by atoms with Crippen molar-refractivity contribution in [3.05, 3.63) is 94.2 Å². The van der Waals surface area contributed by atoms with Gasteiger partial charge in [-0.05, 0) is 50.8 Å². The molecule has 6 heteroatoms. The summed E-state index contributed by atoms with van der Waals surface area (Å²) in [6.07, 6.45) is 0.164. The number of amides is 2. The lowest BCUT2D eigenvalue weighted by molar-refractivity contribution is -0.130. The Kier molecular flexibility index (Phi) is 7.36. The highest BCUT2D eigenvalue weighted by Gasteiger charge is 2.13. The Hall–Kier alpha value is -2.99. The van der Waals surface area contributed by atoms with Crippen molar-refractivity contribution in [3.63, 3.8) is 0 Å². The summed E-state index contributed by atoms with van der Waals surface area (Å²) in [7, 11) is 1.73. The van der Waals surface area contributed by atoms with Gasteiger partial charge >= 0.3 is 0 Å². The monoisotopic (exact) mass is 468 g/mol. The average molecular weight is 469 g/mol. The summed E-state index contributed by atoms with van der Waals surface area (Å²) in [5.41, 5.74) is 3.50. The van der Waals surface area contributed by atoms with Crippen molar-refractivity contribution in [2.45, 2.75) is 13.0 Å². The fraction of sp³-hybridized carbons (Fsp3) is 0.167. The Morgan fingerprint density at radius 3 is 2.33 bits per heavy atom. The second kappa shape index (κ2) is 10.2. The molecule has 0 aliphatic carbocycles. The molecule has 0 aliphatic rings. The Balaban J connectivity index is 1.49. The van der Waals surface area contributed by atoms with Crippen LogP contribution in [0, 0.1) is 5.82 Å². The van der Waals surface area contributed by atoms with E-state index < -0.39 is 11.7 Å². The molecule has 0 spiro atoms. The first-order valence-electron chi connectivity index (χ1n) is 9.55. The van der Waals surface area contributed by atoms with Gasteiger partial charge in [-0.3, -0.25) is 9.59 Å². The van der Waals surface area contributed by atoms with Crippen LogP contribution in [-0.4, -0.2) is 30.3 Å². The molecule has 0 aromatic heterocycles. The van der Waals surface area contributed by atoms with Crippen LogP contribution in [0.1, 0.15) is 22.3 Å². The van der Waals surface area contributed by atoms with Gasteiger partial charge in [0.2, 0.25) is 5.91 Å². The second-order valence-electron chi connectivity index (χ2n) is 6.94. The van der Waals surface area contributed by atoms with Crippen molar-refractivity contribution < 1.29 is 14.0 Å². The molecular formula is C24H22BrFN2O2. The normalized spacial score (nSPS) is 10.5. The quantitative estimate of drug-likeness (QED) is 0.528. The fourth-order valence-electron chi connectivity index (χ4n) is 3.04. The smallest absolute Gasteiger partial charge is 0.252 e. The highest BCUT2D eigenvalue weighted by molar-refractivity contribution is 9.10. The first-order chi connectivity index (χ1) is 14.4. The molecule has 3 rings (SSSR count). The number of rotatable bonds is 7. The Labute approximate surface area is 183 Å². The number of carbonyl (C=O) groups excluding carboxylic acids is 2. The third-order valence-corrected chi connectivity index (χ3v) is 5.40. The van der Waals surface area contributed by atoms with Crippen molar-refractivity contribution in [1.82, 2.24) is 10.2 Å². The number of carbonyl (C=O) groups is 2. The third-order valence-electron chi connectivity index (χ3n) is 4.70. The Morgan fingerprint density at radius 2 is 1.63 bits per heavy atom. The topological polar surface area (TPSA) is 49.4 Å². The lowest BCUT2D eigenvalue weighted by atomic mass is 10.0. The van der Waals surface area contributed by atoms with Crippen LogP contribution in [0.15, 0.2) is 77.3 Å². The number of nitrogens with one attached hydrogen (secondary N) is 1. The number of nitrogens with zero attached hydrogens (tertiary/aromatic N) is 1. The van der Waals surface area contributed by atoms with Crippen LogP contribution in [0.2, 0.25) is 0 Å². The van der Waals surface area contributed by atoms with E-state index in [9.17, 15) is 14.0 Å². The van der Waals surface area contributed by atoms with E-state index in [1.165, 1.54) is 12.1 Å². The minimum atomic E-state index is -0.488. The molecular weight excluding hydrogens is 447 g/mol. The zero-order valence-electron chi connectivity index (χ0n) is 16.6. The van der Waals surface area contributed by atoms with Gasteiger partial charge in [0.15, 0.2) is 0 Å². The minimum absolute atomic E-state index is 0.0826. The average Bonchev–Trinajstić information content (AvgIpc) is 2.76. The molecule has 0 fully saturated rings. The highest BCUT2D eigenvalue weighted by Crippen LogP contribution is 2.20. The Morgan fingerprint density at radius 1 is 0.967 bits per heavy atom. The van der Waals surface area contributed by atoms with Gasteiger partial charge in [-0.15, -0.1) is 0 Å². The molecule has 2 amide bonds. The van der Waals surface area contributed by atoms with E-state index in [1.807, 2.05) is 42.5 Å². The van der Waals surface area contributed by atoms with Gasteiger partial charge in [0.1, 0.15) is 5.82 Å². The van der Waals surface area contributed by atoms with Crippen LogP contribution < -0.4 is 5.32 Å². The molecule has 0 bridgehead atoms. The Bertz CT molecular complexity index is 1020. The summed E-state index contributed by atoms with van der Waals surface area (Å²) in [5, 5.41) is 2.66. The van der Waals surface area contributed by atoms with E-state index in [1.54, 1.807) is 11.9 Å². The molecule has 4 nitrogen and oxygen atoms in total. The van der Waals surface area contributed by atoms with E-state index in [0.29, 0.717) is 11.0 Å². The molecule has 0 unspecified atom stereocenters. The summed E-state index contributed by atoms with van der Waals surface area (Å²) >= 11 is 3.23. The molecule has 0 heterocycles. The second-order valence-corrected chi connectivity index (χ2v) is 7.80. The van der Waals surface area contributed by atoms with Crippen LogP contribution in [0.5, 0.6) is 0 Å². The lowest BCUT2D eigenvalue weighted by Crippen LogP contribution is -2.32. The van der Waals surface area contributed by atoms with Crippen LogP contribution in [0.3, 0.4) is 0 Å². The van der Waals surface area contributed by atoms with Crippen molar-refractivity contribution in [3.8, 4) is 11.1 Å². The molecule has 3 aromatic rings. The van der Waals surface area contributed by atoms with E-state index in [4.69, 9.17) is 0 Å². The van der Waals surface area contributed by atoms with Crippen molar-refractivity contribution >= 4 is 27.7 Å². The maximum Gasteiger partial charge on any atom is 0.252 e. The first-order valence-corrected chi connectivity index (χ1v) is 10.3. The molecule has 0 atom stereocenters. The molecule has 3 aromatic carbocycles. The van der Waals surface area contributed by atoms with E-state index >= 15 is 0 Å². The van der Waals surface area contributed by atoms with Gasteiger partial charge < -0.3 is 10.2 Å². The summed E-state index contributed by atoms with van der Waals surface area (Å²) < 4.78 is 13.8. The maximum absolute atomic E-state index is 13.3. The van der Waals surface area contributed by atoms with Crippen molar-refractivity contribution in [2.75, 3.05) is 13.6 Å².